The van der Waals surface area contributed by atoms with Crippen molar-refractivity contribution in [3.8, 4) is 5.75 Å². The van der Waals surface area contributed by atoms with Crippen LogP contribution in [0.25, 0.3) is 6.08 Å². The molecule has 21 heavy (non-hydrogen) atoms. The minimum Gasteiger partial charge on any atom is -0.488 e. The van der Waals surface area contributed by atoms with Gasteiger partial charge in [0.1, 0.15) is 12.4 Å². The highest BCUT2D eigenvalue weighted by molar-refractivity contribution is 5.85. The summed E-state index contributed by atoms with van der Waals surface area (Å²) in [5.74, 6) is -0.291. The van der Waals surface area contributed by atoms with Crippen LogP contribution in [0, 0.1) is 13.8 Å². The second-order valence-corrected chi connectivity index (χ2v) is 4.99. The zero-order valence-corrected chi connectivity index (χ0v) is 12.2. The van der Waals surface area contributed by atoms with E-state index in [0.29, 0.717) is 12.4 Å². The molecule has 0 spiro atoms. The predicted molar refractivity (Wildman–Crippen MR) is 83.4 cm³/mol. The molecule has 0 aliphatic carbocycles. The van der Waals surface area contributed by atoms with Crippen LogP contribution in [0.15, 0.2) is 48.5 Å². The number of hydrogen-bond acceptors (Lipinski definition) is 2. The Morgan fingerprint density at radius 3 is 2.62 bits per heavy atom. The lowest BCUT2D eigenvalue weighted by molar-refractivity contribution is -0.131. The maximum absolute atomic E-state index is 10.7. The summed E-state index contributed by atoms with van der Waals surface area (Å²) < 4.78 is 5.82. The molecule has 3 heteroatoms. The van der Waals surface area contributed by atoms with Gasteiger partial charge in [-0.2, -0.15) is 0 Å². The number of aliphatic carboxylic acids is 1. The molecular weight excluding hydrogens is 264 g/mol. The highest BCUT2D eigenvalue weighted by Crippen LogP contribution is 2.23. The number of aryl methyl sites for hydroxylation is 2. The van der Waals surface area contributed by atoms with Gasteiger partial charge in [-0.3, -0.25) is 0 Å². The molecule has 0 unspecified atom stereocenters. The smallest absolute Gasteiger partial charge is 0.328 e. The molecule has 0 saturated heterocycles. The molecule has 0 amide bonds. The Balaban J connectivity index is 2.17. The molecule has 0 aliphatic heterocycles. The van der Waals surface area contributed by atoms with Gasteiger partial charge in [0.15, 0.2) is 0 Å². The third-order valence-corrected chi connectivity index (χ3v) is 3.05. The van der Waals surface area contributed by atoms with Crippen molar-refractivity contribution in [1.29, 1.82) is 0 Å². The number of carboxylic acids is 1. The van der Waals surface area contributed by atoms with Crippen LogP contribution in [0.2, 0.25) is 0 Å². The van der Waals surface area contributed by atoms with Crippen LogP contribution in [-0.2, 0) is 11.4 Å². The highest BCUT2D eigenvalue weighted by atomic mass is 16.5. The van der Waals surface area contributed by atoms with Crippen LogP contribution >= 0.6 is 0 Å². The number of ether oxygens (including phenoxy) is 1. The molecular formula is C18H18O3. The second kappa shape index (κ2) is 6.75. The first-order chi connectivity index (χ1) is 10.0. The Hall–Kier alpha value is -2.55. The van der Waals surface area contributed by atoms with Gasteiger partial charge in [-0.1, -0.05) is 41.5 Å². The summed E-state index contributed by atoms with van der Waals surface area (Å²) in [6.07, 6.45) is 2.68. The third-order valence-electron chi connectivity index (χ3n) is 3.05. The first-order valence-corrected chi connectivity index (χ1v) is 6.74. The Morgan fingerprint density at radius 1 is 1.14 bits per heavy atom. The lowest BCUT2D eigenvalue weighted by Crippen LogP contribution is -1.98. The zero-order valence-electron chi connectivity index (χ0n) is 12.2. The lowest BCUT2D eigenvalue weighted by atomic mass is 10.1. The van der Waals surface area contributed by atoms with Gasteiger partial charge in [0.05, 0.1) is 0 Å². The lowest BCUT2D eigenvalue weighted by Gasteiger charge is -2.10. The summed E-state index contributed by atoms with van der Waals surface area (Å²) in [5, 5.41) is 8.75. The molecule has 0 fully saturated rings. The van der Waals surface area contributed by atoms with Crippen LogP contribution < -0.4 is 4.74 Å². The minimum atomic E-state index is -0.971. The summed E-state index contributed by atoms with van der Waals surface area (Å²) in [6.45, 7) is 4.46. The molecule has 0 aromatic heterocycles. The normalized spacial score (nSPS) is 10.8. The summed E-state index contributed by atoms with van der Waals surface area (Å²) in [4.78, 5) is 10.7. The van der Waals surface area contributed by atoms with Gasteiger partial charge in [-0.05, 0) is 37.6 Å². The van der Waals surface area contributed by atoms with Gasteiger partial charge in [0.2, 0.25) is 0 Å². The standard InChI is InChI=1S/C18H18O3/c1-13-4-3-5-15(10-13)12-21-17-8-6-14(2)11-16(17)7-9-18(19)20/h3-11H,12H2,1-2H3,(H,19,20)/b9-7+. The summed E-state index contributed by atoms with van der Waals surface area (Å²) in [5.41, 5.74) is 4.10. The minimum absolute atomic E-state index is 0.457. The maximum Gasteiger partial charge on any atom is 0.328 e. The largest absolute Gasteiger partial charge is 0.488 e. The van der Waals surface area contributed by atoms with Crippen LogP contribution in [-0.4, -0.2) is 11.1 Å². The Morgan fingerprint density at radius 2 is 1.90 bits per heavy atom. The van der Waals surface area contributed by atoms with E-state index in [4.69, 9.17) is 9.84 Å². The molecule has 2 rings (SSSR count). The summed E-state index contributed by atoms with van der Waals surface area (Å²) >= 11 is 0. The molecule has 108 valence electrons. The van der Waals surface area contributed by atoms with Crippen molar-refractivity contribution < 1.29 is 14.6 Å². The van der Waals surface area contributed by atoms with Crippen LogP contribution in [0.1, 0.15) is 22.3 Å². The zero-order chi connectivity index (χ0) is 15.2. The van der Waals surface area contributed by atoms with Crippen LogP contribution in [0.3, 0.4) is 0 Å². The first kappa shape index (κ1) is 14.9. The van der Waals surface area contributed by atoms with Crippen molar-refractivity contribution in [1.82, 2.24) is 0 Å². The van der Waals surface area contributed by atoms with Crippen molar-refractivity contribution in [3.63, 3.8) is 0 Å². The fraction of sp³-hybridized carbons (Fsp3) is 0.167. The number of carboxylic acid groups (broad SMARTS) is 1. The van der Waals surface area contributed by atoms with Crippen molar-refractivity contribution in [2.75, 3.05) is 0 Å². The van der Waals surface area contributed by atoms with Crippen LogP contribution in [0.5, 0.6) is 5.75 Å². The maximum atomic E-state index is 10.7. The molecule has 3 nitrogen and oxygen atoms in total. The third kappa shape index (κ3) is 4.49. The average Bonchev–Trinajstić information content (AvgIpc) is 2.44. The second-order valence-electron chi connectivity index (χ2n) is 4.99. The molecule has 0 bridgehead atoms. The van der Waals surface area contributed by atoms with E-state index in [2.05, 4.69) is 6.07 Å². The monoisotopic (exact) mass is 282 g/mol. The van der Waals surface area contributed by atoms with Crippen LogP contribution in [0.4, 0.5) is 0 Å². The summed E-state index contributed by atoms with van der Waals surface area (Å²) in [7, 11) is 0. The molecule has 2 aromatic carbocycles. The molecule has 0 radical (unpaired) electrons. The fourth-order valence-corrected chi connectivity index (χ4v) is 2.05. The van der Waals surface area contributed by atoms with E-state index in [1.807, 2.05) is 50.2 Å². The summed E-state index contributed by atoms with van der Waals surface area (Å²) in [6, 6.07) is 13.8. The molecule has 0 aliphatic rings. The van der Waals surface area contributed by atoms with Gasteiger partial charge in [0, 0.05) is 11.6 Å². The molecule has 0 saturated carbocycles. The SMILES string of the molecule is Cc1cccc(COc2ccc(C)cc2/C=C/C(=O)O)c1. The molecule has 1 N–H and O–H groups in total. The Labute approximate surface area is 124 Å². The quantitative estimate of drug-likeness (QED) is 0.844. The Bertz CT molecular complexity index is 672. The van der Waals surface area contributed by atoms with Crippen molar-refractivity contribution in [3.05, 3.63) is 70.8 Å². The molecule has 0 heterocycles. The average molecular weight is 282 g/mol. The van der Waals surface area contributed by atoms with Crippen molar-refractivity contribution in [2.45, 2.75) is 20.5 Å². The molecule has 2 aromatic rings. The van der Waals surface area contributed by atoms with Gasteiger partial charge < -0.3 is 9.84 Å². The van der Waals surface area contributed by atoms with E-state index in [0.717, 1.165) is 22.8 Å². The first-order valence-electron chi connectivity index (χ1n) is 6.74. The number of carbonyl (C=O) groups is 1. The topological polar surface area (TPSA) is 46.5 Å². The predicted octanol–water partition coefficient (Wildman–Crippen LogP) is 3.98. The van der Waals surface area contributed by atoms with Crippen molar-refractivity contribution in [2.24, 2.45) is 0 Å². The van der Waals surface area contributed by atoms with E-state index in [9.17, 15) is 4.79 Å². The van der Waals surface area contributed by atoms with Gasteiger partial charge in [-0.15, -0.1) is 0 Å². The number of rotatable bonds is 5. The van der Waals surface area contributed by atoms with Gasteiger partial charge >= 0.3 is 5.97 Å². The number of benzene rings is 2. The fourth-order valence-electron chi connectivity index (χ4n) is 2.05. The molecule has 0 atom stereocenters. The van der Waals surface area contributed by atoms with Gasteiger partial charge in [0.25, 0.3) is 0 Å². The van der Waals surface area contributed by atoms with Gasteiger partial charge in [-0.25, -0.2) is 4.79 Å². The van der Waals surface area contributed by atoms with Crippen molar-refractivity contribution >= 4 is 12.0 Å². The van der Waals surface area contributed by atoms with E-state index in [1.165, 1.54) is 5.56 Å². The number of hydrogen-bond donors (Lipinski definition) is 1. The van der Waals surface area contributed by atoms with E-state index in [1.54, 1.807) is 6.08 Å². The highest BCUT2D eigenvalue weighted by Gasteiger charge is 2.03. The van der Waals surface area contributed by atoms with E-state index in [-0.39, 0.29) is 0 Å². The Kier molecular flexibility index (Phi) is 4.77. The van der Waals surface area contributed by atoms with E-state index >= 15 is 0 Å². The van der Waals surface area contributed by atoms with E-state index < -0.39 is 5.97 Å².